The van der Waals surface area contributed by atoms with Crippen LogP contribution in [0.25, 0.3) is 21.8 Å². The van der Waals surface area contributed by atoms with Crippen LogP contribution in [0.1, 0.15) is 89.5 Å². The van der Waals surface area contributed by atoms with E-state index in [1.807, 2.05) is 48.6 Å². The number of ether oxygens (including phenoxy) is 2. The van der Waals surface area contributed by atoms with Crippen LogP contribution in [0.4, 0.5) is 11.4 Å². The second kappa shape index (κ2) is 22.8. The number of aliphatic imine (C=N–C) groups is 1. The van der Waals surface area contributed by atoms with E-state index in [2.05, 4.69) is 53.8 Å². The zero-order valence-electron chi connectivity index (χ0n) is 33.4. The van der Waals surface area contributed by atoms with E-state index in [4.69, 9.17) is 42.7 Å². The van der Waals surface area contributed by atoms with Gasteiger partial charge in [0.15, 0.2) is 0 Å². The van der Waals surface area contributed by atoms with E-state index >= 15 is 0 Å². The molecule has 1 aliphatic carbocycles. The molecule has 0 radical (unpaired) electrons. The van der Waals surface area contributed by atoms with Gasteiger partial charge in [0.05, 0.1) is 36.6 Å². The maximum atomic E-state index is 6.29. The highest BCUT2D eigenvalue weighted by atomic mass is 35.5. The predicted molar refractivity (Wildman–Crippen MR) is 236 cm³/mol. The molecule has 1 heterocycles. The van der Waals surface area contributed by atoms with E-state index < -0.39 is 0 Å². The fourth-order valence-corrected chi connectivity index (χ4v) is 7.53. The molecule has 1 unspecified atom stereocenters. The molecule has 296 valence electrons. The van der Waals surface area contributed by atoms with Gasteiger partial charge in [0.25, 0.3) is 0 Å². The number of aromatic nitrogens is 1. The molecule has 0 aliphatic heterocycles. The predicted octanol–water partition coefficient (Wildman–Crippen LogP) is 12.3. The minimum Gasteiger partial charge on any atom is -0.497 e. The Hall–Kier alpha value is -3.62. The maximum Gasteiger partial charge on any atom is 0.119 e. The van der Waals surface area contributed by atoms with Crippen LogP contribution >= 0.6 is 23.2 Å². The van der Waals surface area contributed by atoms with Gasteiger partial charge < -0.3 is 25.0 Å². The summed E-state index contributed by atoms with van der Waals surface area (Å²) in [5, 5.41) is 10.9. The number of pyridine rings is 1. The summed E-state index contributed by atoms with van der Waals surface area (Å²) in [6, 6.07) is 18.1. The Morgan fingerprint density at radius 2 is 1.38 bits per heavy atom. The molecule has 0 spiro atoms. The number of methoxy groups -OCH3 is 2. The lowest BCUT2D eigenvalue weighted by Crippen LogP contribution is -2.20. The highest BCUT2D eigenvalue weighted by Gasteiger charge is 2.13. The van der Waals surface area contributed by atoms with Crippen molar-refractivity contribution in [3.8, 4) is 11.5 Å². The van der Waals surface area contributed by atoms with Crippen molar-refractivity contribution in [2.24, 2.45) is 10.9 Å². The number of anilines is 1. The summed E-state index contributed by atoms with van der Waals surface area (Å²) in [6.45, 7) is 7.25. The van der Waals surface area contributed by atoms with Gasteiger partial charge in [-0.2, -0.15) is 0 Å². The molecule has 7 nitrogen and oxygen atoms in total. The lowest BCUT2D eigenvalue weighted by atomic mass is 10.0. The summed E-state index contributed by atoms with van der Waals surface area (Å²) in [7, 11) is 5.70. The fraction of sp³-hybridized carbons (Fsp3) is 0.478. The molecular formula is C46H61Cl2N5O2. The van der Waals surface area contributed by atoms with Gasteiger partial charge in [-0.3, -0.25) is 4.99 Å². The molecule has 1 aromatic heterocycles. The van der Waals surface area contributed by atoms with Crippen LogP contribution in [-0.2, 0) is 6.54 Å². The minimum atomic E-state index is 0.239. The third kappa shape index (κ3) is 13.5. The topological polar surface area (TPSA) is 71.0 Å². The van der Waals surface area contributed by atoms with Gasteiger partial charge in [0, 0.05) is 45.5 Å². The van der Waals surface area contributed by atoms with Crippen LogP contribution in [0.5, 0.6) is 11.5 Å². The Kier molecular flexibility index (Phi) is 17.6. The highest BCUT2D eigenvalue weighted by molar-refractivity contribution is 6.33. The molecule has 0 saturated heterocycles. The van der Waals surface area contributed by atoms with Crippen LogP contribution < -0.4 is 20.1 Å². The van der Waals surface area contributed by atoms with E-state index in [1.165, 1.54) is 83.7 Å². The average Bonchev–Trinajstić information content (AvgIpc) is 3.19. The van der Waals surface area contributed by atoms with Crippen LogP contribution in [0.2, 0.25) is 5.02 Å². The number of hydrogen-bond acceptors (Lipinski definition) is 7. The maximum absolute atomic E-state index is 6.29. The molecule has 4 aromatic rings. The highest BCUT2D eigenvalue weighted by Crippen LogP contribution is 2.34. The minimum absolute atomic E-state index is 0.239. The number of allylic oxidation sites excluding steroid dienone is 4. The monoisotopic (exact) mass is 785 g/mol. The Labute approximate surface area is 339 Å². The van der Waals surface area contributed by atoms with E-state index in [9.17, 15) is 0 Å². The van der Waals surface area contributed by atoms with Crippen molar-refractivity contribution in [2.45, 2.75) is 90.5 Å². The first-order chi connectivity index (χ1) is 26.8. The standard InChI is InChI=1S/C46H61Cl2N5O2/c1-34-17-18-36(47)30-44(34)51-42-23-20-38(54-3)29-35(42)33-49-25-13-9-5-7-11-15-27-53(2)28-16-12-8-6-10-14-26-50-46-40-22-19-37(48)31-45(40)52-43-24-21-39(55-4)32-41(43)46/h17-24,29-32,34,49H,5-16,25-28,33H2,1-4H3,(H,50,52). The normalized spacial score (nSPS) is 15.0. The van der Waals surface area contributed by atoms with Gasteiger partial charge >= 0.3 is 0 Å². The van der Waals surface area contributed by atoms with Crippen LogP contribution in [-0.4, -0.2) is 63.0 Å². The van der Waals surface area contributed by atoms with Crippen molar-refractivity contribution in [1.82, 2.24) is 15.2 Å². The van der Waals surface area contributed by atoms with Crippen LogP contribution in [0.15, 0.2) is 82.9 Å². The average molecular weight is 787 g/mol. The van der Waals surface area contributed by atoms with E-state index in [0.717, 1.165) is 87.0 Å². The fourth-order valence-electron chi connectivity index (χ4n) is 7.18. The van der Waals surface area contributed by atoms with Crippen molar-refractivity contribution in [3.05, 3.63) is 88.4 Å². The number of benzene rings is 3. The first kappa shape index (κ1) is 42.5. The number of halogens is 2. The SMILES string of the molecule is COc1ccc(N=C2C=C(Cl)C=CC2C)c(CNCCCCCCCCN(C)CCCCCCCCNc2c3ccc(Cl)cc3nc3ccc(OC)cc23)c1. The van der Waals surface area contributed by atoms with E-state index in [0.29, 0.717) is 5.02 Å². The smallest absolute Gasteiger partial charge is 0.119 e. The molecule has 1 aliphatic rings. The first-order valence-corrected chi connectivity index (χ1v) is 21.1. The number of unbranched alkanes of at least 4 members (excludes halogenated alkanes) is 10. The van der Waals surface area contributed by atoms with E-state index in [1.54, 1.807) is 14.2 Å². The van der Waals surface area contributed by atoms with Crippen molar-refractivity contribution in [2.75, 3.05) is 52.8 Å². The molecule has 0 saturated carbocycles. The molecule has 1 atom stereocenters. The van der Waals surface area contributed by atoms with Gasteiger partial charge in [-0.15, -0.1) is 0 Å². The van der Waals surface area contributed by atoms with E-state index in [-0.39, 0.29) is 5.92 Å². The molecule has 55 heavy (non-hydrogen) atoms. The Morgan fingerprint density at radius 1 is 0.727 bits per heavy atom. The molecule has 2 N–H and O–H groups in total. The number of nitrogens with zero attached hydrogens (tertiary/aromatic N) is 3. The summed E-state index contributed by atoms with van der Waals surface area (Å²) in [5.74, 6) is 1.93. The Bertz CT molecular complexity index is 1910. The molecule has 9 heteroatoms. The third-order valence-electron chi connectivity index (χ3n) is 10.5. The molecule has 5 rings (SSSR count). The molecule has 0 fully saturated rings. The molecule has 0 amide bonds. The third-order valence-corrected chi connectivity index (χ3v) is 11.0. The molecular weight excluding hydrogens is 725 g/mol. The lowest BCUT2D eigenvalue weighted by Gasteiger charge is -2.16. The lowest BCUT2D eigenvalue weighted by molar-refractivity contribution is 0.314. The number of fused-ring (bicyclic) bond motifs is 2. The summed E-state index contributed by atoms with van der Waals surface area (Å²) in [5.41, 5.74) is 6.06. The van der Waals surface area contributed by atoms with Gasteiger partial charge in [-0.05, 0) is 125 Å². The van der Waals surface area contributed by atoms with Gasteiger partial charge in [-0.1, -0.05) is 87.6 Å². The Morgan fingerprint density at radius 3 is 2.11 bits per heavy atom. The summed E-state index contributed by atoms with van der Waals surface area (Å²) >= 11 is 12.5. The zero-order chi connectivity index (χ0) is 38.8. The zero-order valence-corrected chi connectivity index (χ0v) is 35.0. The summed E-state index contributed by atoms with van der Waals surface area (Å²) in [6.07, 6.45) is 21.2. The first-order valence-electron chi connectivity index (χ1n) is 20.4. The van der Waals surface area contributed by atoms with Gasteiger partial charge in [0.2, 0.25) is 0 Å². The summed E-state index contributed by atoms with van der Waals surface area (Å²) in [4.78, 5) is 12.3. The number of rotatable bonds is 24. The van der Waals surface area contributed by atoms with Crippen LogP contribution in [0, 0.1) is 5.92 Å². The number of nitrogens with one attached hydrogen (secondary N) is 2. The van der Waals surface area contributed by atoms with Crippen LogP contribution in [0.3, 0.4) is 0 Å². The molecule has 0 bridgehead atoms. The van der Waals surface area contributed by atoms with Crippen molar-refractivity contribution in [1.29, 1.82) is 0 Å². The summed E-state index contributed by atoms with van der Waals surface area (Å²) < 4.78 is 11.0. The molecule has 3 aromatic carbocycles. The van der Waals surface area contributed by atoms with Gasteiger partial charge in [-0.25, -0.2) is 4.98 Å². The Balaban J connectivity index is 0.872. The quantitative estimate of drug-likeness (QED) is 0.0544. The second-order valence-electron chi connectivity index (χ2n) is 14.9. The van der Waals surface area contributed by atoms with Crippen molar-refractivity contribution >= 4 is 62.1 Å². The van der Waals surface area contributed by atoms with Gasteiger partial charge in [0.1, 0.15) is 11.5 Å². The number of hydrogen-bond donors (Lipinski definition) is 2. The largest absolute Gasteiger partial charge is 0.497 e. The second-order valence-corrected chi connectivity index (χ2v) is 15.8. The van der Waals surface area contributed by atoms with Crippen molar-refractivity contribution < 1.29 is 9.47 Å². The van der Waals surface area contributed by atoms with Crippen molar-refractivity contribution in [3.63, 3.8) is 0 Å².